The van der Waals surface area contributed by atoms with Crippen molar-refractivity contribution in [3.8, 4) is 22.0 Å². The number of non-ortho nitro benzene ring substituents is 1. The fourth-order valence-corrected chi connectivity index (χ4v) is 5.88. The summed E-state index contributed by atoms with van der Waals surface area (Å²) in [6, 6.07) is 11.1. The van der Waals surface area contributed by atoms with E-state index in [0.717, 1.165) is 44.9 Å². The molecule has 0 aliphatic heterocycles. The highest BCUT2D eigenvalue weighted by molar-refractivity contribution is 7.22. The molecular formula is C28H21F4N5O5S. The van der Waals surface area contributed by atoms with Crippen LogP contribution in [0.2, 0.25) is 0 Å². The van der Waals surface area contributed by atoms with Gasteiger partial charge in [-0.05, 0) is 55.6 Å². The number of benzene rings is 2. The average Bonchev–Trinajstić information content (AvgIpc) is 3.31. The van der Waals surface area contributed by atoms with E-state index in [4.69, 9.17) is 0 Å². The van der Waals surface area contributed by atoms with Gasteiger partial charge in [0.25, 0.3) is 11.2 Å². The van der Waals surface area contributed by atoms with Crippen LogP contribution in [0.3, 0.4) is 0 Å². The summed E-state index contributed by atoms with van der Waals surface area (Å²) in [4.78, 5) is 44.8. The van der Waals surface area contributed by atoms with Crippen molar-refractivity contribution in [3.63, 3.8) is 0 Å². The minimum atomic E-state index is -3.15. The number of fused-ring (bicyclic) bond motifs is 1. The van der Waals surface area contributed by atoms with E-state index in [1.54, 1.807) is 19.0 Å². The lowest BCUT2D eigenvalue weighted by molar-refractivity contribution is -0.384. The molecule has 5 aromatic rings. The number of hydrogen-bond acceptors (Lipinski definition) is 8. The summed E-state index contributed by atoms with van der Waals surface area (Å²) in [6.07, 6.45) is 0.996. The molecule has 0 unspecified atom stereocenters. The average molecular weight is 616 g/mol. The molecule has 3 heterocycles. The van der Waals surface area contributed by atoms with Crippen molar-refractivity contribution in [1.82, 2.24) is 19.0 Å². The van der Waals surface area contributed by atoms with E-state index in [0.29, 0.717) is 16.0 Å². The molecule has 0 fully saturated rings. The van der Waals surface area contributed by atoms with Crippen molar-refractivity contribution in [3.05, 3.63) is 115 Å². The minimum absolute atomic E-state index is 0.0660. The Kier molecular flexibility index (Phi) is 8.10. The molecule has 0 bridgehead atoms. The van der Waals surface area contributed by atoms with E-state index in [9.17, 15) is 37.3 Å². The van der Waals surface area contributed by atoms with Gasteiger partial charge in [0.05, 0.1) is 28.7 Å². The molecule has 3 aromatic heterocycles. The molecule has 15 heteroatoms. The first-order valence-corrected chi connectivity index (χ1v) is 13.3. The third-order valence-corrected chi connectivity index (χ3v) is 7.76. The van der Waals surface area contributed by atoms with Gasteiger partial charge in [-0.25, -0.2) is 23.1 Å². The Labute approximate surface area is 243 Å². The standard InChI is InChI=1S/C28H21F4N5O5S/c1-34(2)13-19-23-25(38)36(17-10-11-22(33-12-17)42-27(31)32)28(39)35(14-18-20(29)4-3-5-21(18)30)26(23)43-24(19)15-6-8-16(9-7-15)37(40)41/h3-12,27H,13-14H2,1-2H3. The van der Waals surface area contributed by atoms with Crippen molar-refractivity contribution in [2.75, 3.05) is 14.1 Å². The minimum Gasteiger partial charge on any atom is -0.417 e. The van der Waals surface area contributed by atoms with Crippen LogP contribution in [-0.2, 0) is 13.1 Å². The summed E-state index contributed by atoms with van der Waals surface area (Å²) < 4.78 is 60.9. The smallest absolute Gasteiger partial charge is 0.388 e. The number of ether oxygens (including phenoxy) is 1. The zero-order valence-electron chi connectivity index (χ0n) is 22.5. The molecule has 0 atom stereocenters. The summed E-state index contributed by atoms with van der Waals surface area (Å²) in [5.41, 5.74) is -1.44. The molecule has 5 rings (SSSR count). The van der Waals surface area contributed by atoms with Crippen LogP contribution in [0.15, 0.2) is 70.4 Å². The summed E-state index contributed by atoms with van der Waals surface area (Å²) in [7, 11) is 3.50. The van der Waals surface area contributed by atoms with Crippen LogP contribution in [0.25, 0.3) is 26.3 Å². The first-order valence-electron chi connectivity index (χ1n) is 12.5. The predicted molar refractivity (Wildman–Crippen MR) is 151 cm³/mol. The molecular weight excluding hydrogens is 594 g/mol. The van der Waals surface area contributed by atoms with Crippen LogP contribution in [-0.4, -0.2) is 44.6 Å². The lowest BCUT2D eigenvalue weighted by atomic mass is 10.1. The number of nitro groups is 1. The second-order valence-electron chi connectivity index (χ2n) is 9.57. The first-order chi connectivity index (χ1) is 20.5. The number of pyridine rings is 1. The topological polar surface area (TPSA) is 112 Å². The number of aromatic nitrogens is 3. The highest BCUT2D eigenvalue weighted by Gasteiger charge is 2.25. The van der Waals surface area contributed by atoms with Crippen molar-refractivity contribution in [2.24, 2.45) is 0 Å². The number of nitrogens with zero attached hydrogens (tertiary/aromatic N) is 5. The largest absolute Gasteiger partial charge is 0.417 e. The van der Waals surface area contributed by atoms with Crippen LogP contribution in [0, 0.1) is 21.7 Å². The maximum Gasteiger partial charge on any atom is 0.388 e. The van der Waals surface area contributed by atoms with Crippen molar-refractivity contribution in [2.45, 2.75) is 19.7 Å². The van der Waals surface area contributed by atoms with Crippen LogP contribution in [0.4, 0.5) is 23.2 Å². The Balaban J connectivity index is 1.84. The van der Waals surface area contributed by atoms with Gasteiger partial charge >= 0.3 is 12.3 Å². The Morgan fingerprint density at radius 3 is 2.26 bits per heavy atom. The SMILES string of the molecule is CN(C)Cc1c(-c2ccc([N+](=O)[O-])cc2)sc2c1c(=O)n(-c1ccc(OC(F)F)nc1)c(=O)n2Cc1c(F)cccc1F. The predicted octanol–water partition coefficient (Wildman–Crippen LogP) is 5.17. The van der Waals surface area contributed by atoms with E-state index in [2.05, 4.69) is 9.72 Å². The van der Waals surface area contributed by atoms with E-state index in [1.165, 1.54) is 36.4 Å². The lowest BCUT2D eigenvalue weighted by Crippen LogP contribution is -2.39. The Morgan fingerprint density at radius 1 is 1.02 bits per heavy atom. The Bertz CT molecular complexity index is 1930. The van der Waals surface area contributed by atoms with Gasteiger partial charge in [0, 0.05) is 35.2 Å². The highest BCUT2D eigenvalue weighted by atomic mass is 32.1. The van der Waals surface area contributed by atoms with Gasteiger partial charge < -0.3 is 9.64 Å². The summed E-state index contributed by atoms with van der Waals surface area (Å²) in [5.74, 6) is -2.27. The van der Waals surface area contributed by atoms with Crippen LogP contribution in [0.1, 0.15) is 11.1 Å². The molecule has 0 spiro atoms. The normalized spacial score (nSPS) is 11.5. The zero-order chi connectivity index (χ0) is 31.0. The van der Waals surface area contributed by atoms with E-state index < -0.39 is 52.4 Å². The van der Waals surface area contributed by atoms with E-state index >= 15 is 0 Å². The fourth-order valence-electron chi connectivity index (χ4n) is 4.58. The first kappa shape index (κ1) is 29.6. The van der Waals surface area contributed by atoms with E-state index in [-0.39, 0.29) is 28.1 Å². The molecule has 222 valence electrons. The monoisotopic (exact) mass is 615 g/mol. The number of alkyl halides is 2. The summed E-state index contributed by atoms with van der Waals surface area (Å²) in [5, 5.41) is 11.3. The number of halogens is 4. The maximum atomic E-state index is 14.8. The second kappa shape index (κ2) is 11.8. The number of hydrogen-bond donors (Lipinski definition) is 0. The van der Waals surface area contributed by atoms with Crippen LogP contribution < -0.4 is 16.0 Å². The molecule has 0 N–H and O–H groups in total. The molecule has 0 saturated heterocycles. The lowest BCUT2D eigenvalue weighted by Gasteiger charge is -2.15. The van der Waals surface area contributed by atoms with E-state index in [1.807, 2.05) is 0 Å². The molecule has 0 aliphatic rings. The Morgan fingerprint density at radius 2 is 1.70 bits per heavy atom. The third kappa shape index (κ3) is 5.76. The highest BCUT2D eigenvalue weighted by Crippen LogP contribution is 2.38. The van der Waals surface area contributed by atoms with Gasteiger partial charge in [0.2, 0.25) is 5.88 Å². The molecule has 0 radical (unpaired) electrons. The number of thiophene rings is 1. The summed E-state index contributed by atoms with van der Waals surface area (Å²) in [6.45, 7) is -3.55. The van der Waals surface area contributed by atoms with Crippen molar-refractivity contribution >= 4 is 27.2 Å². The molecule has 43 heavy (non-hydrogen) atoms. The van der Waals surface area contributed by atoms with Crippen molar-refractivity contribution < 1.29 is 27.2 Å². The quantitative estimate of drug-likeness (QED) is 0.128. The van der Waals surface area contributed by atoms with Gasteiger partial charge in [-0.3, -0.25) is 19.5 Å². The second-order valence-corrected chi connectivity index (χ2v) is 10.6. The van der Waals surface area contributed by atoms with Gasteiger partial charge in [0.1, 0.15) is 16.5 Å². The molecule has 10 nitrogen and oxygen atoms in total. The van der Waals surface area contributed by atoms with Gasteiger partial charge in [-0.1, -0.05) is 6.07 Å². The number of nitro benzene ring substituents is 1. The fraction of sp³-hybridized carbons (Fsp3) is 0.179. The zero-order valence-corrected chi connectivity index (χ0v) is 23.3. The van der Waals surface area contributed by atoms with Gasteiger partial charge in [-0.15, -0.1) is 11.3 Å². The Hall–Kier alpha value is -4.89. The third-order valence-electron chi connectivity index (χ3n) is 6.45. The van der Waals surface area contributed by atoms with Gasteiger partial charge in [0.15, 0.2) is 0 Å². The summed E-state index contributed by atoms with van der Waals surface area (Å²) >= 11 is 1.02. The van der Waals surface area contributed by atoms with Crippen molar-refractivity contribution in [1.29, 1.82) is 0 Å². The van der Waals surface area contributed by atoms with Gasteiger partial charge in [-0.2, -0.15) is 8.78 Å². The molecule has 0 aliphatic carbocycles. The molecule has 2 aromatic carbocycles. The number of rotatable bonds is 9. The molecule has 0 amide bonds. The molecule has 0 saturated carbocycles. The maximum absolute atomic E-state index is 14.8. The van der Waals surface area contributed by atoms with Crippen LogP contribution in [0.5, 0.6) is 5.88 Å². The van der Waals surface area contributed by atoms with Crippen LogP contribution >= 0.6 is 11.3 Å².